The molecule has 4 aromatic rings. The number of fused-ring (bicyclic) bond motifs is 3. The van der Waals surface area contributed by atoms with Gasteiger partial charge in [0.05, 0.1) is 23.8 Å². The Kier molecular flexibility index (Phi) is 3.99. The Labute approximate surface area is 154 Å². The minimum absolute atomic E-state index is 0.165. The maximum absolute atomic E-state index is 13.6. The number of carbonyl (C=O) groups is 1. The molecule has 0 fully saturated rings. The Bertz CT molecular complexity index is 1240. The van der Waals surface area contributed by atoms with E-state index in [1.54, 1.807) is 65.8 Å². The molecule has 0 N–H and O–H groups in total. The van der Waals surface area contributed by atoms with E-state index in [1.165, 1.54) is 17.0 Å². The molecule has 2 heterocycles. The van der Waals surface area contributed by atoms with Gasteiger partial charge in [0.15, 0.2) is 0 Å². The molecule has 4 rings (SSSR count). The summed E-state index contributed by atoms with van der Waals surface area (Å²) in [6.07, 6.45) is 1.56. The lowest BCUT2D eigenvalue weighted by atomic mass is 10.1. The topological polar surface area (TPSA) is 59.6 Å². The normalized spacial score (nSPS) is 11.2. The van der Waals surface area contributed by atoms with Crippen LogP contribution in [0.3, 0.4) is 0 Å². The fraction of sp³-hybridized carbons (Fsp3) is 0.150. The van der Waals surface area contributed by atoms with Crippen LogP contribution in [-0.4, -0.2) is 39.1 Å². The second-order valence-corrected chi connectivity index (χ2v) is 6.55. The van der Waals surface area contributed by atoms with Crippen molar-refractivity contribution in [3.63, 3.8) is 0 Å². The van der Waals surface area contributed by atoms with E-state index in [4.69, 9.17) is 0 Å². The van der Waals surface area contributed by atoms with Crippen molar-refractivity contribution in [3.8, 4) is 0 Å². The molecule has 7 heteroatoms. The Hall–Kier alpha value is -3.48. The lowest BCUT2D eigenvalue weighted by Gasteiger charge is -2.15. The van der Waals surface area contributed by atoms with Gasteiger partial charge in [0.1, 0.15) is 11.3 Å². The molecule has 27 heavy (non-hydrogen) atoms. The van der Waals surface area contributed by atoms with Gasteiger partial charge in [-0.05, 0) is 42.0 Å². The van der Waals surface area contributed by atoms with Crippen LogP contribution in [0, 0.1) is 5.82 Å². The summed E-state index contributed by atoms with van der Waals surface area (Å²) >= 11 is 0. The van der Waals surface area contributed by atoms with Crippen LogP contribution < -0.4 is 5.56 Å². The van der Waals surface area contributed by atoms with Crippen LogP contribution in [0.4, 0.5) is 4.39 Å². The summed E-state index contributed by atoms with van der Waals surface area (Å²) in [5, 5.41) is 4.23. The van der Waals surface area contributed by atoms with Crippen molar-refractivity contribution in [1.29, 1.82) is 0 Å². The van der Waals surface area contributed by atoms with Gasteiger partial charge in [-0.1, -0.05) is 12.1 Å². The van der Waals surface area contributed by atoms with Crippen LogP contribution in [0.5, 0.6) is 0 Å². The van der Waals surface area contributed by atoms with E-state index < -0.39 is 0 Å². The van der Waals surface area contributed by atoms with Crippen LogP contribution in [0.2, 0.25) is 0 Å². The van der Waals surface area contributed by atoms with Gasteiger partial charge in [0.25, 0.3) is 11.5 Å². The zero-order valence-corrected chi connectivity index (χ0v) is 14.9. The molecule has 0 unspecified atom stereocenters. The smallest absolute Gasteiger partial charge is 0.277 e. The number of halogens is 1. The fourth-order valence-electron chi connectivity index (χ4n) is 3.19. The van der Waals surface area contributed by atoms with Crippen molar-refractivity contribution in [2.75, 3.05) is 14.1 Å². The lowest BCUT2D eigenvalue weighted by molar-refractivity contribution is 0.0827. The van der Waals surface area contributed by atoms with Crippen LogP contribution in [0.15, 0.2) is 59.5 Å². The zero-order valence-electron chi connectivity index (χ0n) is 14.9. The number of carbonyl (C=O) groups excluding carboxylic acids is 1. The van der Waals surface area contributed by atoms with Crippen molar-refractivity contribution in [2.24, 2.45) is 0 Å². The minimum Gasteiger partial charge on any atom is -0.345 e. The highest BCUT2D eigenvalue weighted by Gasteiger charge is 2.15. The van der Waals surface area contributed by atoms with E-state index in [1.807, 2.05) is 0 Å². The first-order valence-corrected chi connectivity index (χ1v) is 8.42. The van der Waals surface area contributed by atoms with Crippen molar-refractivity contribution < 1.29 is 9.18 Å². The second-order valence-electron chi connectivity index (χ2n) is 6.55. The summed E-state index contributed by atoms with van der Waals surface area (Å²) < 4.78 is 16.7. The highest BCUT2D eigenvalue weighted by atomic mass is 19.1. The third-order valence-electron chi connectivity index (χ3n) is 4.48. The fourth-order valence-corrected chi connectivity index (χ4v) is 3.19. The number of benzene rings is 2. The van der Waals surface area contributed by atoms with E-state index in [0.29, 0.717) is 27.7 Å². The maximum atomic E-state index is 13.6. The van der Waals surface area contributed by atoms with Crippen molar-refractivity contribution in [1.82, 2.24) is 19.1 Å². The number of hydrogen-bond acceptors (Lipinski definition) is 3. The van der Waals surface area contributed by atoms with Gasteiger partial charge in [0, 0.05) is 19.7 Å². The molecular weight excluding hydrogens is 347 g/mol. The molecule has 0 atom stereocenters. The second kappa shape index (κ2) is 6.35. The third-order valence-corrected chi connectivity index (χ3v) is 4.48. The first-order chi connectivity index (χ1) is 13.0. The lowest BCUT2D eigenvalue weighted by Crippen LogP contribution is -2.25. The van der Waals surface area contributed by atoms with Crippen molar-refractivity contribution >= 4 is 22.5 Å². The first kappa shape index (κ1) is 17.0. The van der Waals surface area contributed by atoms with Gasteiger partial charge >= 0.3 is 0 Å². The van der Waals surface area contributed by atoms with Crippen molar-refractivity contribution in [3.05, 3.63) is 82.0 Å². The minimum atomic E-state index is -0.362. The van der Waals surface area contributed by atoms with Gasteiger partial charge in [-0.3, -0.25) is 9.59 Å². The molecule has 0 radical (unpaired) electrons. The Balaban J connectivity index is 2.00. The summed E-state index contributed by atoms with van der Waals surface area (Å²) in [5.74, 6) is -0.527. The summed E-state index contributed by atoms with van der Waals surface area (Å²) in [6, 6.07) is 12.9. The van der Waals surface area contributed by atoms with E-state index in [2.05, 4.69) is 5.10 Å². The van der Waals surface area contributed by atoms with Crippen LogP contribution in [0.1, 0.15) is 15.9 Å². The van der Waals surface area contributed by atoms with Crippen molar-refractivity contribution in [2.45, 2.75) is 6.54 Å². The molecule has 2 aromatic carbocycles. The Morgan fingerprint density at radius 2 is 1.89 bits per heavy atom. The highest BCUT2D eigenvalue weighted by Crippen LogP contribution is 2.18. The zero-order chi connectivity index (χ0) is 19.1. The molecule has 136 valence electrons. The number of nitrogens with zero attached hydrogens (tertiary/aromatic N) is 4. The standard InChI is InChI=1S/C20H17FN4O2/c1-23(2)19(26)14-6-7-16-18(11-14)24(12-13-4-3-5-15(21)10-13)20(27)17-8-9-22-25(16)17/h3-11H,12H2,1-2H3. The molecule has 0 aliphatic rings. The number of rotatable bonds is 3. The monoisotopic (exact) mass is 364 g/mol. The Morgan fingerprint density at radius 1 is 1.07 bits per heavy atom. The van der Waals surface area contributed by atoms with Gasteiger partial charge in [-0.25, -0.2) is 8.91 Å². The summed E-state index contributed by atoms with van der Waals surface area (Å²) in [7, 11) is 3.34. The van der Waals surface area contributed by atoms with Crippen LogP contribution >= 0.6 is 0 Å². The van der Waals surface area contributed by atoms with Gasteiger partial charge in [-0.15, -0.1) is 0 Å². The molecular formula is C20H17FN4O2. The molecule has 0 bridgehead atoms. The highest BCUT2D eigenvalue weighted by molar-refractivity contribution is 5.97. The summed E-state index contributed by atoms with van der Waals surface area (Å²) in [6.45, 7) is 0.189. The van der Waals surface area contributed by atoms with E-state index >= 15 is 0 Å². The first-order valence-electron chi connectivity index (χ1n) is 8.42. The predicted octanol–water partition coefficient (Wildman–Crippen LogP) is 2.54. The molecule has 0 saturated heterocycles. The molecule has 0 aliphatic carbocycles. The van der Waals surface area contributed by atoms with Crippen LogP contribution in [0.25, 0.3) is 16.6 Å². The van der Waals surface area contributed by atoms with E-state index in [9.17, 15) is 14.0 Å². The number of amides is 1. The predicted molar refractivity (Wildman–Crippen MR) is 100 cm³/mol. The third kappa shape index (κ3) is 2.87. The van der Waals surface area contributed by atoms with Crippen LogP contribution in [-0.2, 0) is 6.54 Å². The average Bonchev–Trinajstić information content (AvgIpc) is 3.14. The Morgan fingerprint density at radius 3 is 2.63 bits per heavy atom. The maximum Gasteiger partial charge on any atom is 0.277 e. The molecule has 0 aliphatic heterocycles. The molecule has 2 aromatic heterocycles. The summed E-state index contributed by atoms with van der Waals surface area (Å²) in [5.41, 5.74) is 2.55. The van der Waals surface area contributed by atoms with Gasteiger partial charge in [0.2, 0.25) is 0 Å². The average molecular weight is 364 g/mol. The summed E-state index contributed by atoms with van der Waals surface area (Å²) in [4.78, 5) is 26.9. The number of aromatic nitrogens is 3. The molecule has 6 nitrogen and oxygen atoms in total. The number of hydrogen-bond donors (Lipinski definition) is 0. The van der Waals surface area contributed by atoms with Gasteiger partial charge in [-0.2, -0.15) is 5.10 Å². The SMILES string of the molecule is CN(C)C(=O)c1ccc2c(c1)n(Cc1cccc(F)c1)c(=O)c1ccnn12. The molecule has 1 amide bonds. The molecule has 0 spiro atoms. The van der Waals surface area contributed by atoms with E-state index in [-0.39, 0.29) is 23.8 Å². The molecule has 0 saturated carbocycles. The van der Waals surface area contributed by atoms with E-state index in [0.717, 1.165) is 0 Å². The largest absolute Gasteiger partial charge is 0.345 e. The quantitative estimate of drug-likeness (QED) is 0.561. The van der Waals surface area contributed by atoms with Gasteiger partial charge < -0.3 is 9.47 Å².